The van der Waals surface area contributed by atoms with Gasteiger partial charge in [0.25, 0.3) is 0 Å². The fourth-order valence-corrected chi connectivity index (χ4v) is 7.19. The van der Waals surface area contributed by atoms with Gasteiger partial charge in [-0.05, 0) is 60.7 Å². The van der Waals surface area contributed by atoms with Gasteiger partial charge in [-0.1, -0.05) is 33.1 Å². The highest BCUT2D eigenvalue weighted by molar-refractivity contribution is 5.76. The lowest BCUT2D eigenvalue weighted by atomic mass is 9.57. The van der Waals surface area contributed by atoms with Crippen molar-refractivity contribution in [1.29, 1.82) is 0 Å². The Morgan fingerprint density at radius 3 is 2.73 bits per heavy atom. The van der Waals surface area contributed by atoms with E-state index in [0.717, 1.165) is 18.9 Å². The second-order valence-electron chi connectivity index (χ2n) is 10.0. The van der Waals surface area contributed by atoms with Crippen LogP contribution < -0.4 is 5.32 Å². The van der Waals surface area contributed by atoms with Crippen LogP contribution in [0.5, 0.6) is 0 Å². The number of carbonyl (C=O) groups excluding carboxylic acids is 1. The van der Waals surface area contributed by atoms with Gasteiger partial charge in [-0.3, -0.25) is 4.79 Å². The van der Waals surface area contributed by atoms with Crippen molar-refractivity contribution in [3.63, 3.8) is 0 Å². The largest absolute Gasteiger partial charge is 0.384 e. The molecule has 26 heavy (non-hydrogen) atoms. The third kappa shape index (κ3) is 2.92. The molecule has 4 rings (SSSR count). The average molecular weight is 364 g/mol. The van der Waals surface area contributed by atoms with Gasteiger partial charge in [0, 0.05) is 26.2 Å². The van der Waals surface area contributed by atoms with Crippen LogP contribution in [0.4, 0.5) is 0 Å². The molecular formula is C22H37NO3. The molecule has 1 heterocycles. The Bertz CT molecular complexity index is 527. The molecule has 2 bridgehead atoms. The first-order valence-electron chi connectivity index (χ1n) is 10.9. The molecule has 0 radical (unpaired) electrons. The molecule has 0 aromatic rings. The first-order chi connectivity index (χ1) is 12.5. The molecule has 1 unspecified atom stereocenters. The standard InChI is InChI=1S/C22H37NO3/c1-21(2)16-13-17-19(15-7-5-4-6-8-15)26-12-10-22(17,14-16)20(21)23-18(24)9-11-25-3/h15-17,19-20H,4-14H2,1-3H3,(H,23,24)/t16-,17-,19-,20-,22?/m1/s1. The smallest absolute Gasteiger partial charge is 0.222 e. The van der Waals surface area contributed by atoms with Crippen molar-refractivity contribution in [2.45, 2.75) is 83.8 Å². The summed E-state index contributed by atoms with van der Waals surface area (Å²) in [6.45, 7) is 6.15. The first kappa shape index (κ1) is 18.7. The molecule has 3 aliphatic carbocycles. The van der Waals surface area contributed by atoms with Crippen molar-refractivity contribution in [2.75, 3.05) is 20.3 Å². The Hall–Kier alpha value is -0.610. The number of carbonyl (C=O) groups is 1. The third-order valence-electron chi connectivity index (χ3n) is 8.50. The molecule has 1 N–H and O–H groups in total. The molecule has 148 valence electrons. The van der Waals surface area contributed by atoms with Crippen molar-refractivity contribution in [3.8, 4) is 0 Å². The summed E-state index contributed by atoms with van der Waals surface area (Å²) in [7, 11) is 1.66. The quantitative estimate of drug-likeness (QED) is 0.805. The van der Waals surface area contributed by atoms with Crippen LogP contribution in [-0.2, 0) is 14.3 Å². The highest BCUT2D eigenvalue weighted by atomic mass is 16.5. The summed E-state index contributed by atoms with van der Waals surface area (Å²) in [6.07, 6.45) is 11.4. The highest BCUT2D eigenvalue weighted by Crippen LogP contribution is 2.69. The molecule has 1 amide bonds. The van der Waals surface area contributed by atoms with Crippen LogP contribution in [0.2, 0.25) is 0 Å². The highest BCUT2D eigenvalue weighted by Gasteiger charge is 2.68. The van der Waals surface area contributed by atoms with Crippen LogP contribution in [0.1, 0.15) is 71.6 Å². The van der Waals surface area contributed by atoms with E-state index in [2.05, 4.69) is 19.2 Å². The number of methoxy groups -OCH3 is 1. The molecule has 4 nitrogen and oxygen atoms in total. The minimum Gasteiger partial charge on any atom is -0.384 e. The van der Waals surface area contributed by atoms with Crippen LogP contribution in [0.15, 0.2) is 0 Å². The Kier molecular flexibility index (Phi) is 5.11. The molecule has 3 saturated carbocycles. The maximum absolute atomic E-state index is 12.6. The molecule has 0 aromatic carbocycles. The van der Waals surface area contributed by atoms with E-state index in [1.807, 2.05) is 0 Å². The second-order valence-corrected chi connectivity index (χ2v) is 10.0. The predicted molar refractivity (Wildman–Crippen MR) is 102 cm³/mol. The van der Waals surface area contributed by atoms with Crippen molar-refractivity contribution in [2.24, 2.45) is 28.6 Å². The van der Waals surface area contributed by atoms with Crippen molar-refractivity contribution >= 4 is 5.91 Å². The molecule has 0 aromatic heterocycles. The Morgan fingerprint density at radius 1 is 1.23 bits per heavy atom. The van der Waals surface area contributed by atoms with Crippen molar-refractivity contribution in [1.82, 2.24) is 5.32 Å². The molecule has 4 aliphatic rings. The lowest BCUT2D eigenvalue weighted by Crippen LogP contribution is -2.61. The normalized spacial score (nSPS) is 41.8. The minimum absolute atomic E-state index is 0.159. The van der Waals surface area contributed by atoms with Crippen molar-refractivity contribution in [3.05, 3.63) is 0 Å². The monoisotopic (exact) mass is 363 g/mol. The second kappa shape index (κ2) is 7.09. The molecule has 4 heteroatoms. The van der Waals surface area contributed by atoms with E-state index >= 15 is 0 Å². The maximum atomic E-state index is 12.6. The van der Waals surface area contributed by atoms with E-state index in [1.165, 1.54) is 44.9 Å². The zero-order chi connectivity index (χ0) is 18.4. The van der Waals surface area contributed by atoms with Crippen LogP contribution in [0, 0.1) is 28.6 Å². The average Bonchev–Trinajstić information content (AvgIpc) is 3.13. The fraction of sp³-hybridized carbons (Fsp3) is 0.955. The van der Waals surface area contributed by atoms with Gasteiger partial charge in [-0.15, -0.1) is 0 Å². The van der Waals surface area contributed by atoms with Gasteiger partial charge < -0.3 is 14.8 Å². The number of ether oxygens (including phenoxy) is 2. The number of amides is 1. The van der Waals surface area contributed by atoms with Gasteiger partial charge in [0.15, 0.2) is 0 Å². The zero-order valence-corrected chi connectivity index (χ0v) is 16.9. The number of rotatable bonds is 5. The number of hydrogen-bond donors (Lipinski definition) is 1. The van der Waals surface area contributed by atoms with Gasteiger partial charge in [0.1, 0.15) is 0 Å². The third-order valence-corrected chi connectivity index (χ3v) is 8.50. The van der Waals surface area contributed by atoms with Crippen LogP contribution >= 0.6 is 0 Å². The molecule has 1 spiro atoms. The summed E-state index contributed by atoms with van der Waals surface area (Å²) < 4.78 is 11.5. The van der Waals surface area contributed by atoms with Gasteiger partial charge in [0.2, 0.25) is 5.91 Å². The fourth-order valence-electron chi connectivity index (χ4n) is 7.19. The number of fused-ring (bicyclic) bond motifs is 1. The van der Waals surface area contributed by atoms with Crippen molar-refractivity contribution < 1.29 is 14.3 Å². The summed E-state index contributed by atoms with van der Waals surface area (Å²) in [6, 6.07) is 0.290. The van der Waals surface area contributed by atoms with E-state index in [-0.39, 0.29) is 22.8 Å². The lowest BCUT2D eigenvalue weighted by Gasteiger charge is -2.55. The summed E-state index contributed by atoms with van der Waals surface area (Å²) in [5.74, 6) is 2.27. The molecule has 1 aliphatic heterocycles. The number of nitrogens with one attached hydrogen (secondary N) is 1. The van der Waals surface area contributed by atoms with E-state index in [9.17, 15) is 4.79 Å². The predicted octanol–water partition coefficient (Wildman–Crippen LogP) is 3.93. The van der Waals surface area contributed by atoms with Gasteiger partial charge >= 0.3 is 0 Å². The Balaban J connectivity index is 1.56. The van der Waals surface area contributed by atoms with Gasteiger partial charge in [-0.2, -0.15) is 0 Å². The van der Waals surface area contributed by atoms with E-state index in [0.29, 0.717) is 31.0 Å². The van der Waals surface area contributed by atoms with E-state index < -0.39 is 0 Å². The zero-order valence-electron chi connectivity index (χ0n) is 16.9. The van der Waals surface area contributed by atoms with Gasteiger partial charge in [-0.25, -0.2) is 0 Å². The van der Waals surface area contributed by atoms with E-state index in [4.69, 9.17) is 9.47 Å². The lowest BCUT2D eigenvalue weighted by molar-refractivity contribution is -0.150. The summed E-state index contributed by atoms with van der Waals surface area (Å²) in [5, 5.41) is 3.47. The van der Waals surface area contributed by atoms with Crippen LogP contribution in [0.25, 0.3) is 0 Å². The summed E-state index contributed by atoms with van der Waals surface area (Å²) >= 11 is 0. The number of hydrogen-bond acceptors (Lipinski definition) is 3. The first-order valence-corrected chi connectivity index (χ1v) is 10.9. The molecule has 1 saturated heterocycles. The minimum atomic E-state index is 0.159. The topological polar surface area (TPSA) is 47.6 Å². The molecular weight excluding hydrogens is 326 g/mol. The molecule has 5 atom stereocenters. The van der Waals surface area contributed by atoms with Crippen LogP contribution in [0.3, 0.4) is 0 Å². The molecule has 4 fully saturated rings. The van der Waals surface area contributed by atoms with Crippen LogP contribution in [-0.4, -0.2) is 38.4 Å². The summed E-state index contributed by atoms with van der Waals surface area (Å²) in [5.41, 5.74) is 0.449. The maximum Gasteiger partial charge on any atom is 0.222 e. The van der Waals surface area contributed by atoms with E-state index in [1.54, 1.807) is 7.11 Å². The SMILES string of the molecule is COCCC(=O)N[C@@H]1C(C)(C)[C@@H]2C[C@@H]3[C@@H](C4CCCCC4)OCCC31C2. The Morgan fingerprint density at radius 2 is 2.00 bits per heavy atom. The Labute approximate surface area is 158 Å². The van der Waals surface area contributed by atoms with Gasteiger partial charge in [0.05, 0.1) is 12.7 Å². The summed E-state index contributed by atoms with van der Waals surface area (Å²) in [4.78, 5) is 12.6.